The number of halogens is 5. The van der Waals surface area contributed by atoms with Crippen molar-refractivity contribution in [3.63, 3.8) is 0 Å². The van der Waals surface area contributed by atoms with Crippen molar-refractivity contribution in [2.24, 2.45) is 0 Å². The van der Waals surface area contributed by atoms with Gasteiger partial charge in [0, 0.05) is 11.4 Å². The molecule has 12 heteroatoms. The highest BCUT2D eigenvalue weighted by Crippen LogP contribution is 2.37. The Labute approximate surface area is 172 Å². The summed E-state index contributed by atoms with van der Waals surface area (Å²) in [7, 11) is 0. The van der Waals surface area contributed by atoms with Crippen molar-refractivity contribution in [1.82, 2.24) is 15.1 Å². The fraction of sp³-hybridized carbons (Fsp3) is 0.526. The Morgan fingerprint density at radius 2 is 1.90 bits per heavy atom. The maximum absolute atomic E-state index is 13.4. The zero-order chi connectivity index (χ0) is 22.8. The molecule has 1 saturated heterocycles. The minimum absolute atomic E-state index is 0.160. The molecule has 4 rings (SSSR count). The SMILES string of the molecule is CC1(O)CC(NC(=O)Cn2nc(N3CC(F)(F)C3)c3cc(C(F)(F)F)ccc3c2=O)C1. The molecule has 2 aromatic rings. The highest BCUT2D eigenvalue weighted by atomic mass is 19.4. The largest absolute Gasteiger partial charge is 0.416 e. The number of fused-ring (bicyclic) bond motifs is 1. The first-order chi connectivity index (χ1) is 14.2. The lowest BCUT2D eigenvalue weighted by Gasteiger charge is -2.41. The molecule has 2 fully saturated rings. The van der Waals surface area contributed by atoms with Gasteiger partial charge in [0.05, 0.1) is 29.6 Å². The smallest absolute Gasteiger partial charge is 0.390 e. The highest BCUT2D eigenvalue weighted by Gasteiger charge is 2.45. The summed E-state index contributed by atoms with van der Waals surface area (Å²) >= 11 is 0. The molecule has 1 aliphatic carbocycles. The van der Waals surface area contributed by atoms with E-state index in [1.165, 1.54) is 0 Å². The standard InChI is InChI=1S/C19H19F5N4O3/c1-17(31)5-11(6-17)25-14(29)7-28-16(30)12-3-2-10(19(22,23)24)4-13(12)15(26-28)27-8-18(20,21)9-27/h2-4,11,31H,5-9H2,1H3,(H,25,29). The number of alkyl halides is 5. The quantitative estimate of drug-likeness (QED) is 0.701. The van der Waals surface area contributed by atoms with Gasteiger partial charge in [0.1, 0.15) is 6.54 Å². The number of nitrogens with zero attached hydrogens (tertiary/aromatic N) is 3. The molecular formula is C19H19F5N4O3. The van der Waals surface area contributed by atoms with E-state index in [1.807, 2.05) is 0 Å². The number of hydrogen-bond acceptors (Lipinski definition) is 5. The molecule has 7 nitrogen and oxygen atoms in total. The number of aliphatic hydroxyl groups is 1. The van der Waals surface area contributed by atoms with Crippen LogP contribution in [0.1, 0.15) is 25.3 Å². The number of rotatable bonds is 4. The van der Waals surface area contributed by atoms with Gasteiger partial charge in [0.25, 0.3) is 11.5 Å². The van der Waals surface area contributed by atoms with Crippen molar-refractivity contribution in [3.8, 4) is 0 Å². The van der Waals surface area contributed by atoms with E-state index in [-0.39, 0.29) is 22.6 Å². The van der Waals surface area contributed by atoms with Gasteiger partial charge in [-0.25, -0.2) is 13.5 Å². The van der Waals surface area contributed by atoms with Crippen LogP contribution in [-0.2, 0) is 17.5 Å². The molecule has 2 heterocycles. The molecule has 168 valence electrons. The minimum atomic E-state index is -4.69. The van der Waals surface area contributed by atoms with Gasteiger partial charge in [0.2, 0.25) is 5.91 Å². The van der Waals surface area contributed by atoms with E-state index in [1.54, 1.807) is 6.92 Å². The molecule has 1 aliphatic heterocycles. The predicted octanol–water partition coefficient (Wildman–Crippen LogP) is 1.90. The van der Waals surface area contributed by atoms with Crippen LogP contribution < -0.4 is 15.8 Å². The predicted molar refractivity (Wildman–Crippen MR) is 100.0 cm³/mol. The van der Waals surface area contributed by atoms with E-state index in [0.717, 1.165) is 21.7 Å². The molecule has 0 radical (unpaired) electrons. The minimum Gasteiger partial charge on any atom is -0.390 e. The van der Waals surface area contributed by atoms with Gasteiger partial charge in [0.15, 0.2) is 5.82 Å². The van der Waals surface area contributed by atoms with E-state index < -0.39 is 54.4 Å². The Balaban J connectivity index is 1.69. The number of carbonyl (C=O) groups excluding carboxylic acids is 1. The summed E-state index contributed by atoms with van der Waals surface area (Å²) in [6.45, 7) is -0.430. The number of amides is 1. The number of aromatic nitrogens is 2. The molecule has 2 N–H and O–H groups in total. The molecule has 0 atom stereocenters. The molecule has 0 unspecified atom stereocenters. The molecular weight excluding hydrogens is 427 g/mol. The summed E-state index contributed by atoms with van der Waals surface area (Å²) in [6, 6.07) is 2.11. The normalized spacial score (nSPS) is 25.1. The van der Waals surface area contributed by atoms with Gasteiger partial charge in [-0.05, 0) is 38.0 Å². The third-order valence-electron chi connectivity index (χ3n) is 5.44. The van der Waals surface area contributed by atoms with E-state index in [0.29, 0.717) is 18.9 Å². The molecule has 0 spiro atoms. The molecule has 31 heavy (non-hydrogen) atoms. The summed E-state index contributed by atoms with van der Waals surface area (Å²) in [5, 5.41) is 16.0. The van der Waals surface area contributed by atoms with Crippen molar-refractivity contribution in [3.05, 3.63) is 34.1 Å². The zero-order valence-corrected chi connectivity index (χ0v) is 16.3. The van der Waals surface area contributed by atoms with Crippen LogP contribution in [0.3, 0.4) is 0 Å². The number of hydrogen-bond donors (Lipinski definition) is 2. The van der Waals surface area contributed by atoms with Crippen LogP contribution in [0.2, 0.25) is 0 Å². The van der Waals surface area contributed by atoms with Crippen molar-refractivity contribution in [2.75, 3.05) is 18.0 Å². The van der Waals surface area contributed by atoms with Crippen molar-refractivity contribution in [2.45, 2.75) is 50.1 Å². The van der Waals surface area contributed by atoms with Crippen molar-refractivity contribution in [1.29, 1.82) is 0 Å². The number of anilines is 1. The number of nitrogens with one attached hydrogen (secondary N) is 1. The lowest BCUT2D eigenvalue weighted by Crippen LogP contribution is -2.57. The van der Waals surface area contributed by atoms with Gasteiger partial charge in [-0.1, -0.05) is 0 Å². The van der Waals surface area contributed by atoms with Crippen molar-refractivity contribution >= 4 is 22.5 Å². The first kappa shape index (κ1) is 21.5. The van der Waals surface area contributed by atoms with Gasteiger partial charge in [-0.3, -0.25) is 9.59 Å². The maximum atomic E-state index is 13.4. The summed E-state index contributed by atoms with van der Waals surface area (Å²) in [5.74, 6) is -3.82. The molecule has 1 saturated carbocycles. The molecule has 2 aliphatic rings. The van der Waals surface area contributed by atoms with E-state index in [4.69, 9.17) is 0 Å². The Morgan fingerprint density at radius 1 is 1.26 bits per heavy atom. The van der Waals surface area contributed by atoms with Crippen LogP contribution in [0, 0.1) is 0 Å². The monoisotopic (exact) mass is 446 g/mol. The Bertz CT molecular complexity index is 1100. The van der Waals surface area contributed by atoms with Gasteiger partial charge in [-0.2, -0.15) is 18.3 Å². The Kier molecular flexibility index (Phi) is 4.76. The average Bonchev–Trinajstić information content (AvgIpc) is 2.59. The van der Waals surface area contributed by atoms with Crippen LogP contribution >= 0.6 is 0 Å². The third kappa shape index (κ3) is 4.21. The van der Waals surface area contributed by atoms with Crippen LogP contribution in [-0.4, -0.2) is 51.4 Å². The first-order valence-electron chi connectivity index (χ1n) is 9.51. The Hall–Kier alpha value is -2.76. The molecule has 1 aromatic carbocycles. The number of carbonyl (C=O) groups is 1. The van der Waals surface area contributed by atoms with Gasteiger partial charge >= 0.3 is 6.18 Å². The third-order valence-corrected chi connectivity index (χ3v) is 5.44. The van der Waals surface area contributed by atoms with Crippen LogP contribution in [0.15, 0.2) is 23.0 Å². The fourth-order valence-corrected chi connectivity index (χ4v) is 3.96. The topological polar surface area (TPSA) is 87.5 Å². The second-order valence-electron chi connectivity index (χ2n) is 8.43. The van der Waals surface area contributed by atoms with Crippen LogP contribution in [0.4, 0.5) is 27.8 Å². The van der Waals surface area contributed by atoms with Gasteiger partial charge < -0.3 is 15.3 Å². The second kappa shape index (κ2) is 6.87. The van der Waals surface area contributed by atoms with Gasteiger partial charge in [-0.15, -0.1) is 0 Å². The van der Waals surface area contributed by atoms with Crippen molar-refractivity contribution < 1.29 is 31.9 Å². The maximum Gasteiger partial charge on any atom is 0.416 e. The number of benzene rings is 1. The van der Waals surface area contributed by atoms with Crippen LogP contribution in [0.5, 0.6) is 0 Å². The van der Waals surface area contributed by atoms with Crippen LogP contribution in [0.25, 0.3) is 10.8 Å². The molecule has 0 bridgehead atoms. The molecule has 1 aromatic heterocycles. The Morgan fingerprint density at radius 3 is 2.45 bits per heavy atom. The first-order valence-corrected chi connectivity index (χ1v) is 9.51. The fourth-order valence-electron chi connectivity index (χ4n) is 3.96. The summed E-state index contributed by atoms with van der Waals surface area (Å²) < 4.78 is 66.9. The van der Waals surface area contributed by atoms with E-state index in [9.17, 15) is 36.6 Å². The van der Waals surface area contributed by atoms with E-state index >= 15 is 0 Å². The summed E-state index contributed by atoms with van der Waals surface area (Å²) in [6.07, 6.45) is -4.01. The van der Waals surface area contributed by atoms with E-state index in [2.05, 4.69) is 10.4 Å². The molecule has 1 amide bonds. The lowest BCUT2D eigenvalue weighted by molar-refractivity contribution is -0.137. The summed E-state index contributed by atoms with van der Waals surface area (Å²) in [4.78, 5) is 26.1. The second-order valence-corrected chi connectivity index (χ2v) is 8.43. The zero-order valence-electron chi connectivity index (χ0n) is 16.3. The highest BCUT2D eigenvalue weighted by molar-refractivity contribution is 5.92. The average molecular weight is 446 g/mol. The summed E-state index contributed by atoms with van der Waals surface area (Å²) in [5.41, 5.74) is -2.72. The lowest BCUT2D eigenvalue weighted by atomic mass is 9.77.